The molecule has 1 aliphatic carbocycles. The molecule has 1 atom stereocenters. The minimum Gasteiger partial charge on any atom is -0.508 e. The molecule has 0 radical (unpaired) electrons. The molecule has 0 saturated carbocycles. The number of allylic oxidation sites excluding steroid dienone is 2. The van der Waals surface area contributed by atoms with Crippen LogP contribution in [0.1, 0.15) is 48.4 Å². The van der Waals surface area contributed by atoms with Crippen LogP contribution in [0.4, 0.5) is 0 Å². The summed E-state index contributed by atoms with van der Waals surface area (Å²) in [4.78, 5) is 19.0. The van der Waals surface area contributed by atoms with E-state index in [1.54, 1.807) is 10.6 Å². The van der Waals surface area contributed by atoms with E-state index in [2.05, 4.69) is 6.92 Å². The van der Waals surface area contributed by atoms with Crippen LogP contribution >= 0.6 is 11.3 Å². The van der Waals surface area contributed by atoms with Gasteiger partial charge in [0.25, 0.3) is 5.56 Å². The average molecular weight is 403 g/mol. The van der Waals surface area contributed by atoms with Crippen molar-refractivity contribution in [3.05, 3.63) is 96.2 Å². The Hall–Kier alpha value is -2.92. The number of thiazole rings is 1. The van der Waals surface area contributed by atoms with Crippen molar-refractivity contribution in [3.8, 4) is 5.75 Å². The summed E-state index contributed by atoms with van der Waals surface area (Å²) >= 11 is 1.43. The zero-order valence-electron chi connectivity index (χ0n) is 16.3. The summed E-state index contributed by atoms with van der Waals surface area (Å²) in [5.41, 5.74) is 5.19. The number of phenols is 1. The summed E-state index contributed by atoms with van der Waals surface area (Å²) in [5, 5.41) is 10.6. The van der Waals surface area contributed by atoms with Crippen molar-refractivity contribution in [2.45, 2.75) is 38.6 Å². The van der Waals surface area contributed by atoms with E-state index in [0.29, 0.717) is 4.53 Å². The third-order valence-electron chi connectivity index (χ3n) is 5.74. The minimum atomic E-state index is -0.275. The summed E-state index contributed by atoms with van der Waals surface area (Å²) in [6.45, 7) is 2.05. The number of aryl methyl sites for hydroxylation is 1. The quantitative estimate of drug-likeness (QED) is 0.709. The van der Waals surface area contributed by atoms with Crippen molar-refractivity contribution in [2.24, 2.45) is 4.99 Å². The third kappa shape index (κ3) is 3.15. The number of nitrogens with zero attached hydrogens (tertiary/aromatic N) is 2. The van der Waals surface area contributed by atoms with Crippen molar-refractivity contribution in [2.75, 3.05) is 0 Å². The number of benzene rings is 2. The topological polar surface area (TPSA) is 54.6 Å². The molecular formula is C24H22N2O2S. The van der Waals surface area contributed by atoms with E-state index in [9.17, 15) is 9.90 Å². The first-order chi connectivity index (χ1) is 14.1. The van der Waals surface area contributed by atoms with Crippen molar-refractivity contribution < 1.29 is 5.11 Å². The molecule has 1 aliphatic heterocycles. The highest BCUT2D eigenvalue weighted by atomic mass is 32.1. The smallest absolute Gasteiger partial charge is 0.271 e. The molecule has 0 bridgehead atoms. The van der Waals surface area contributed by atoms with Gasteiger partial charge < -0.3 is 5.11 Å². The Morgan fingerprint density at radius 1 is 1.10 bits per heavy atom. The molecule has 2 heterocycles. The van der Waals surface area contributed by atoms with Gasteiger partial charge in [0.15, 0.2) is 4.80 Å². The van der Waals surface area contributed by atoms with Crippen molar-refractivity contribution in [3.63, 3.8) is 0 Å². The first kappa shape index (κ1) is 18.1. The maximum absolute atomic E-state index is 13.4. The molecular weight excluding hydrogens is 380 g/mol. The van der Waals surface area contributed by atoms with Gasteiger partial charge in [-0.05, 0) is 55.9 Å². The number of aromatic hydroxyl groups is 1. The van der Waals surface area contributed by atoms with Gasteiger partial charge in [0.1, 0.15) is 5.75 Å². The van der Waals surface area contributed by atoms with Gasteiger partial charge in [-0.3, -0.25) is 9.36 Å². The van der Waals surface area contributed by atoms with Gasteiger partial charge in [0, 0.05) is 11.3 Å². The number of para-hydroxylation sites is 1. The lowest BCUT2D eigenvalue weighted by Crippen LogP contribution is -2.38. The Labute approximate surface area is 172 Å². The Morgan fingerprint density at radius 3 is 2.66 bits per heavy atom. The van der Waals surface area contributed by atoms with Crippen LogP contribution in [0.3, 0.4) is 0 Å². The molecule has 29 heavy (non-hydrogen) atoms. The van der Waals surface area contributed by atoms with E-state index in [1.807, 2.05) is 48.5 Å². The maximum atomic E-state index is 13.4. The van der Waals surface area contributed by atoms with Crippen LogP contribution in [-0.4, -0.2) is 9.67 Å². The minimum absolute atomic E-state index is 0.0419. The van der Waals surface area contributed by atoms with Gasteiger partial charge in [0.05, 0.1) is 10.6 Å². The van der Waals surface area contributed by atoms with Crippen LogP contribution in [0.2, 0.25) is 0 Å². The molecule has 146 valence electrons. The maximum Gasteiger partial charge on any atom is 0.271 e. The Bertz CT molecular complexity index is 1300. The van der Waals surface area contributed by atoms with Crippen LogP contribution in [-0.2, 0) is 0 Å². The second-order valence-corrected chi connectivity index (χ2v) is 8.74. The molecule has 3 aromatic rings. The molecule has 0 spiro atoms. The van der Waals surface area contributed by atoms with E-state index in [-0.39, 0.29) is 17.4 Å². The monoisotopic (exact) mass is 402 g/mol. The molecule has 4 nitrogen and oxygen atoms in total. The van der Waals surface area contributed by atoms with Gasteiger partial charge in [-0.2, -0.15) is 0 Å². The molecule has 2 aromatic carbocycles. The first-order valence-electron chi connectivity index (χ1n) is 10.00. The fourth-order valence-corrected chi connectivity index (χ4v) is 5.28. The van der Waals surface area contributed by atoms with Crippen LogP contribution in [0, 0.1) is 6.92 Å². The van der Waals surface area contributed by atoms with E-state index in [1.165, 1.54) is 22.5 Å². The van der Waals surface area contributed by atoms with E-state index < -0.39 is 0 Å². The second kappa shape index (κ2) is 7.16. The lowest BCUT2D eigenvalue weighted by atomic mass is 9.86. The molecule has 1 N–H and O–H groups in total. The van der Waals surface area contributed by atoms with Gasteiger partial charge in [-0.25, -0.2) is 4.99 Å². The zero-order valence-corrected chi connectivity index (χ0v) is 17.1. The average Bonchev–Trinajstić information content (AvgIpc) is 3.03. The van der Waals surface area contributed by atoms with Crippen LogP contribution < -0.4 is 14.9 Å². The van der Waals surface area contributed by atoms with Crippen molar-refractivity contribution in [1.82, 2.24) is 4.57 Å². The number of rotatable bonds is 2. The van der Waals surface area contributed by atoms with Crippen LogP contribution in [0.25, 0.3) is 6.08 Å². The predicted molar refractivity (Wildman–Crippen MR) is 116 cm³/mol. The molecule has 5 rings (SSSR count). The fraction of sp³-hybridized carbons (Fsp3) is 0.250. The normalized spacial score (nSPS) is 18.9. The molecule has 0 fully saturated rings. The Kier molecular flexibility index (Phi) is 4.47. The fourth-order valence-electron chi connectivity index (χ4n) is 4.26. The molecule has 0 amide bonds. The summed E-state index contributed by atoms with van der Waals surface area (Å²) in [5.74, 6) is 0.227. The standard InChI is InChI=1S/C24H22N2O2S/c1-15-10-12-16(13-11-15)14-21-23(28)26-22(18-7-3-5-9-20(18)27)17-6-2-4-8-19(17)25-24(26)29-21/h3,5,7,9-14,22,27H,2,4,6,8H2,1H3/b21-14-. The largest absolute Gasteiger partial charge is 0.508 e. The lowest BCUT2D eigenvalue weighted by molar-refractivity contribution is 0.448. The van der Waals surface area contributed by atoms with Gasteiger partial charge >= 0.3 is 0 Å². The van der Waals surface area contributed by atoms with Crippen molar-refractivity contribution in [1.29, 1.82) is 0 Å². The zero-order chi connectivity index (χ0) is 20.0. The predicted octanol–water partition coefficient (Wildman–Crippen LogP) is 3.80. The van der Waals surface area contributed by atoms with Crippen LogP contribution in [0.5, 0.6) is 5.75 Å². The highest BCUT2D eigenvalue weighted by Gasteiger charge is 2.31. The number of hydrogen-bond acceptors (Lipinski definition) is 4. The Balaban J connectivity index is 1.75. The number of hydrogen-bond donors (Lipinski definition) is 1. The summed E-state index contributed by atoms with van der Waals surface area (Å²) in [6, 6.07) is 15.2. The highest BCUT2D eigenvalue weighted by Crippen LogP contribution is 2.40. The second-order valence-electron chi connectivity index (χ2n) is 7.73. The molecule has 5 heteroatoms. The molecule has 2 aliphatic rings. The SMILES string of the molecule is Cc1ccc(/C=c2\sc3n(c2=O)C(c2ccccc2O)C2=C(CCCC2)N=3)cc1. The molecule has 1 unspecified atom stereocenters. The van der Waals surface area contributed by atoms with E-state index in [0.717, 1.165) is 47.3 Å². The van der Waals surface area contributed by atoms with Gasteiger partial charge in [-0.15, -0.1) is 0 Å². The summed E-state index contributed by atoms with van der Waals surface area (Å²) in [6.07, 6.45) is 6.00. The summed E-state index contributed by atoms with van der Waals surface area (Å²) < 4.78 is 2.46. The number of fused-ring (bicyclic) bond motifs is 1. The van der Waals surface area contributed by atoms with E-state index in [4.69, 9.17) is 4.99 Å². The van der Waals surface area contributed by atoms with E-state index >= 15 is 0 Å². The van der Waals surface area contributed by atoms with Crippen molar-refractivity contribution >= 4 is 17.4 Å². The molecule has 1 aromatic heterocycles. The first-order valence-corrected chi connectivity index (χ1v) is 10.8. The highest BCUT2D eigenvalue weighted by molar-refractivity contribution is 7.07. The lowest BCUT2D eigenvalue weighted by Gasteiger charge is -2.29. The summed E-state index contributed by atoms with van der Waals surface area (Å²) in [7, 11) is 0. The third-order valence-corrected chi connectivity index (χ3v) is 6.73. The Morgan fingerprint density at radius 2 is 1.86 bits per heavy atom. The van der Waals surface area contributed by atoms with Crippen LogP contribution in [0.15, 0.2) is 69.6 Å². The molecule has 0 saturated heterocycles. The number of aromatic nitrogens is 1. The van der Waals surface area contributed by atoms with Gasteiger partial charge in [-0.1, -0.05) is 59.4 Å². The van der Waals surface area contributed by atoms with Gasteiger partial charge in [0.2, 0.25) is 0 Å². The number of phenolic OH excluding ortho intramolecular Hbond substituents is 1.